The molecule has 0 aliphatic heterocycles. The van der Waals surface area contributed by atoms with Gasteiger partial charge in [-0.05, 0) is 44.0 Å². The predicted octanol–water partition coefficient (Wildman–Crippen LogP) is 2.25. The van der Waals surface area contributed by atoms with Crippen molar-refractivity contribution in [1.29, 1.82) is 0 Å². The van der Waals surface area contributed by atoms with Crippen LogP contribution in [0.5, 0.6) is 0 Å². The minimum absolute atomic E-state index is 0.108. The minimum Gasteiger partial charge on any atom is -0.481 e. The number of nitrogens with one attached hydrogen (secondary N) is 1. The summed E-state index contributed by atoms with van der Waals surface area (Å²) in [7, 11) is 0. The van der Waals surface area contributed by atoms with E-state index in [1.54, 1.807) is 11.3 Å². The quantitative estimate of drug-likeness (QED) is 0.771. The van der Waals surface area contributed by atoms with Gasteiger partial charge in [0, 0.05) is 4.88 Å². The summed E-state index contributed by atoms with van der Waals surface area (Å²) in [6.45, 7) is 1.70. The van der Waals surface area contributed by atoms with Crippen molar-refractivity contribution in [2.24, 2.45) is 11.8 Å². The molecule has 1 aliphatic rings. The molecule has 0 spiro atoms. The van der Waals surface area contributed by atoms with Crippen molar-refractivity contribution in [3.63, 3.8) is 0 Å². The van der Waals surface area contributed by atoms with Crippen LogP contribution in [0, 0.1) is 11.8 Å². The van der Waals surface area contributed by atoms with E-state index in [2.05, 4.69) is 5.32 Å². The smallest absolute Gasteiger partial charge is 0.306 e. The number of halogens is 1. The van der Waals surface area contributed by atoms with E-state index in [9.17, 15) is 4.79 Å². The van der Waals surface area contributed by atoms with E-state index in [1.165, 1.54) is 4.88 Å². The average molecular weight is 260 g/mol. The molecule has 1 aliphatic carbocycles. The highest BCUT2D eigenvalue weighted by atomic mass is 35.5. The molecular formula is C11H14ClNO2S. The van der Waals surface area contributed by atoms with Gasteiger partial charge in [0.15, 0.2) is 0 Å². The molecule has 2 unspecified atom stereocenters. The lowest BCUT2D eigenvalue weighted by Crippen LogP contribution is -2.21. The van der Waals surface area contributed by atoms with Gasteiger partial charge >= 0.3 is 5.97 Å². The Hall–Kier alpha value is -0.580. The molecule has 0 bridgehead atoms. The molecule has 16 heavy (non-hydrogen) atoms. The molecule has 1 saturated carbocycles. The zero-order valence-electron chi connectivity index (χ0n) is 8.78. The molecule has 0 amide bonds. The monoisotopic (exact) mass is 259 g/mol. The van der Waals surface area contributed by atoms with Gasteiger partial charge in [-0.2, -0.15) is 0 Å². The van der Waals surface area contributed by atoms with Gasteiger partial charge in [-0.15, -0.1) is 11.3 Å². The number of hydrogen-bond acceptors (Lipinski definition) is 3. The lowest BCUT2D eigenvalue weighted by Gasteiger charge is -2.01. The normalized spacial score (nSPS) is 23.3. The minimum atomic E-state index is -0.656. The molecule has 2 N–H and O–H groups in total. The molecule has 1 fully saturated rings. The molecule has 2 rings (SSSR count). The fraction of sp³-hybridized carbons (Fsp3) is 0.545. The second-order valence-electron chi connectivity index (χ2n) is 4.10. The maximum absolute atomic E-state index is 10.6. The molecule has 1 aromatic heterocycles. The van der Waals surface area contributed by atoms with E-state index in [0.717, 1.165) is 30.3 Å². The van der Waals surface area contributed by atoms with Gasteiger partial charge in [0.1, 0.15) is 0 Å². The van der Waals surface area contributed by atoms with Crippen LogP contribution in [0.1, 0.15) is 11.3 Å². The lowest BCUT2D eigenvalue weighted by molar-refractivity contribution is -0.138. The number of carboxylic acids is 1. The second kappa shape index (κ2) is 5.17. The standard InChI is InChI=1S/C11H14ClNO2S/c12-10-2-1-8(16-10)3-4-13-6-7-5-9(7)11(14)15/h1-2,7,9,13H,3-6H2,(H,14,15). The van der Waals surface area contributed by atoms with Crippen molar-refractivity contribution in [2.75, 3.05) is 13.1 Å². The Bertz CT molecular complexity index is 380. The number of carbonyl (C=O) groups is 1. The van der Waals surface area contributed by atoms with Gasteiger partial charge in [0.25, 0.3) is 0 Å². The van der Waals surface area contributed by atoms with Crippen molar-refractivity contribution >= 4 is 28.9 Å². The first kappa shape index (κ1) is 11.9. The van der Waals surface area contributed by atoms with Crippen LogP contribution in [0.4, 0.5) is 0 Å². The maximum Gasteiger partial charge on any atom is 0.306 e. The fourth-order valence-electron chi connectivity index (χ4n) is 1.76. The van der Waals surface area contributed by atoms with Crippen LogP contribution in [0.2, 0.25) is 4.34 Å². The summed E-state index contributed by atoms with van der Waals surface area (Å²) < 4.78 is 0.822. The molecule has 0 saturated heterocycles. The van der Waals surface area contributed by atoms with Crippen molar-refractivity contribution < 1.29 is 9.90 Å². The van der Waals surface area contributed by atoms with Crippen LogP contribution in [0.15, 0.2) is 12.1 Å². The highest BCUT2D eigenvalue weighted by Gasteiger charge is 2.42. The Kier molecular flexibility index (Phi) is 3.84. The summed E-state index contributed by atoms with van der Waals surface area (Å²) in [5, 5.41) is 12.0. The Morgan fingerprint density at radius 2 is 2.44 bits per heavy atom. The first-order valence-corrected chi connectivity index (χ1v) is 6.54. The maximum atomic E-state index is 10.6. The van der Waals surface area contributed by atoms with Crippen molar-refractivity contribution in [1.82, 2.24) is 5.32 Å². The van der Waals surface area contributed by atoms with Crippen LogP contribution < -0.4 is 5.32 Å². The highest BCUT2D eigenvalue weighted by Crippen LogP contribution is 2.37. The van der Waals surface area contributed by atoms with Crippen LogP contribution in [-0.4, -0.2) is 24.2 Å². The molecule has 0 aromatic carbocycles. The van der Waals surface area contributed by atoms with Gasteiger partial charge < -0.3 is 10.4 Å². The average Bonchev–Trinajstić information content (AvgIpc) is 2.90. The van der Waals surface area contributed by atoms with Crippen LogP contribution in [0.3, 0.4) is 0 Å². The van der Waals surface area contributed by atoms with Gasteiger partial charge in [0.2, 0.25) is 0 Å². The molecule has 88 valence electrons. The number of rotatable bonds is 6. The summed E-state index contributed by atoms with van der Waals surface area (Å²) in [6, 6.07) is 3.94. The third-order valence-corrected chi connectivity index (χ3v) is 4.11. The zero-order valence-corrected chi connectivity index (χ0v) is 10.4. The molecule has 1 aromatic rings. The molecule has 0 radical (unpaired) electrons. The summed E-state index contributed by atoms with van der Waals surface area (Å²) in [6.07, 6.45) is 1.79. The van der Waals surface area contributed by atoms with E-state index < -0.39 is 5.97 Å². The van der Waals surface area contributed by atoms with E-state index in [-0.39, 0.29) is 5.92 Å². The van der Waals surface area contributed by atoms with Crippen LogP contribution in [0.25, 0.3) is 0 Å². The van der Waals surface area contributed by atoms with E-state index >= 15 is 0 Å². The van der Waals surface area contributed by atoms with E-state index in [0.29, 0.717) is 5.92 Å². The molecule has 3 nitrogen and oxygen atoms in total. The van der Waals surface area contributed by atoms with Crippen molar-refractivity contribution in [3.05, 3.63) is 21.3 Å². The Morgan fingerprint density at radius 1 is 1.62 bits per heavy atom. The van der Waals surface area contributed by atoms with E-state index in [1.807, 2.05) is 12.1 Å². The summed E-state index contributed by atoms with van der Waals surface area (Å²) in [5.41, 5.74) is 0. The summed E-state index contributed by atoms with van der Waals surface area (Å²) in [5.74, 6) is -0.426. The largest absolute Gasteiger partial charge is 0.481 e. The SMILES string of the molecule is O=C(O)C1CC1CNCCc1ccc(Cl)s1. The predicted molar refractivity (Wildman–Crippen MR) is 65.1 cm³/mol. The van der Waals surface area contributed by atoms with Crippen molar-refractivity contribution in [3.8, 4) is 0 Å². The lowest BCUT2D eigenvalue weighted by atomic mass is 10.3. The number of aliphatic carboxylic acids is 1. The Labute approximate surface area is 103 Å². The fourth-order valence-corrected chi connectivity index (χ4v) is 2.85. The van der Waals surface area contributed by atoms with Gasteiger partial charge in [-0.1, -0.05) is 11.6 Å². The number of carboxylic acid groups (broad SMARTS) is 1. The van der Waals surface area contributed by atoms with Gasteiger partial charge in [-0.25, -0.2) is 0 Å². The first-order chi connectivity index (χ1) is 7.66. The number of hydrogen-bond donors (Lipinski definition) is 2. The third-order valence-electron chi connectivity index (χ3n) is 2.82. The topological polar surface area (TPSA) is 49.3 Å². The molecular weight excluding hydrogens is 246 g/mol. The second-order valence-corrected chi connectivity index (χ2v) is 5.90. The molecule has 2 atom stereocenters. The Morgan fingerprint density at radius 3 is 3.00 bits per heavy atom. The van der Waals surface area contributed by atoms with Gasteiger partial charge in [-0.3, -0.25) is 4.79 Å². The first-order valence-electron chi connectivity index (χ1n) is 5.34. The summed E-state index contributed by atoms with van der Waals surface area (Å²) >= 11 is 7.42. The number of thiophene rings is 1. The molecule has 5 heteroatoms. The Balaban J connectivity index is 1.58. The van der Waals surface area contributed by atoms with Gasteiger partial charge in [0.05, 0.1) is 10.3 Å². The molecule has 1 heterocycles. The van der Waals surface area contributed by atoms with Crippen LogP contribution >= 0.6 is 22.9 Å². The summed E-state index contributed by atoms with van der Waals surface area (Å²) in [4.78, 5) is 11.9. The van der Waals surface area contributed by atoms with E-state index in [4.69, 9.17) is 16.7 Å². The van der Waals surface area contributed by atoms with Crippen molar-refractivity contribution in [2.45, 2.75) is 12.8 Å². The highest BCUT2D eigenvalue weighted by molar-refractivity contribution is 7.16. The third kappa shape index (κ3) is 3.20. The zero-order chi connectivity index (χ0) is 11.5. The van der Waals surface area contributed by atoms with Crippen LogP contribution in [-0.2, 0) is 11.2 Å².